The lowest BCUT2D eigenvalue weighted by molar-refractivity contribution is 1.01. The van der Waals surface area contributed by atoms with E-state index < -0.39 is 0 Å². The predicted octanol–water partition coefficient (Wildman–Crippen LogP) is 2.37. The van der Waals surface area contributed by atoms with Crippen LogP contribution in [0.4, 0.5) is 5.82 Å². The lowest BCUT2D eigenvalue weighted by Gasteiger charge is -2.06. The van der Waals surface area contributed by atoms with Gasteiger partial charge in [0.25, 0.3) is 0 Å². The molecule has 1 heterocycles. The number of benzene rings is 1. The Morgan fingerprint density at radius 2 is 1.94 bits per heavy atom. The fourth-order valence-corrected chi connectivity index (χ4v) is 1.74. The Hall–Kier alpha value is -1.94. The first-order valence-electron chi connectivity index (χ1n) is 5.79. The number of pyridine rings is 1. The Balaban J connectivity index is 1.85. The summed E-state index contributed by atoms with van der Waals surface area (Å²) in [4.78, 5) is 4.63. The summed E-state index contributed by atoms with van der Waals surface area (Å²) in [5.74, 6) is 0.839. The van der Waals surface area contributed by atoms with Gasteiger partial charge >= 0.3 is 0 Å². The van der Waals surface area contributed by atoms with Gasteiger partial charge in [-0.15, -0.1) is 0 Å². The predicted molar refractivity (Wildman–Crippen MR) is 78.8 cm³/mol. The number of thiocarbonyl (C=S) groups is 1. The highest BCUT2D eigenvalue weighted by Gasteiger charge is 1.98. The molecule has 1 aromatic carbocycles. The molecule has 92 valence electrons. The van der Waals surface area contributed by atoms with E-state index in [1.54, 1.807) is 6.20 Å². The molecule has 0 saturated heterocycles. The minimum absolute atomic E-state index is 0.373. The second kappa shape index (κ2) is 6.12. The van der Waals surface area contributed by atoms with Crippen molar-refractivity contribution in [2.75, 3.05) is 11.9 Å². The minimum Gasteiger partial charge on any atom is -0.389 e. The molecule has 0 bridgehead atoms. The van der Waals surface area contributed by atoms with Crippen molar-refractivity contribution in [3.8, 4) is 0 Å². The lowest BCUT2D eigenvalue weighted by Crippen LogP contribution is -2.11. The van der Waals surface area contributed by atoms with Crippen LogP contribution < -0.4 is 11.1 Å². The van der Waals surface area contributed by atoms with Gasteiger partial charge < -0.3 is 11.1 Å². The number of nitrogens with two attached hydrogens (primary N) is 1. The molecule has 2 aromatic rings. The van der Waals surface area contributed by atoms with E-state index >= 15 is 0 Å². The number of nitrogens with one attached hydrogen (secondary N) is 1. The topological polar surface area (TPSA) is 50.9 Å². The van der Waals surface area contributed by atoms with Gasteiger partial charge in [0.15, 0.2) is 0 Å². The summed E-state index contributed by atoms with van der Waals surface area (Å²) in [5.41, 5.74) is 7.61. The largest absolute Gasteiger partial charge is 0.389 e. The average molecular weight is 257 g/mol. The number of hydrogen-bond donors (Lipinski definition) is 2. The van der Waals surface area contributed by atoms with Crippen LogP contribution in [0.2, 0.25) is 0 Å². The molecule has 0 unspecified atom stereocenters. The van der Waals surface area contributed by atoms with Crippen LogP contribution in [0.25, 0.3) is 0 Å². The first-order chi connectivity index (χ1) is 8.75. The van der Waals surface area contributed by atoms with Gasteiger partial charge in [-0.2, -0.15) is 0 Å². The van der Waals surface area contributed by atoms with Gasteiger partial charge in [-0.1, -0.05) is 42.5 Å². The fourth-order valence-electron chi connectivity index (χ4n) is 1.62. The zero-order chi connectivity index (χ0) is 12.8. The smallest absolute Gasteiger partial charge is 0.125 e. The summed E-state index contributed by atoms with van der Waals surface area (Å²) in [7, 11) is 0. The van der Waals surface area contributed by atoms with Crippen LogP contribution >= 0.6 is 12.2 Å². The molecule has 0 aliphatic rings. The van der Waals surface area contributed by atoms with Crippen LogP contribution in [0.3, 0.4) is 0 Å². The van der Waals surface area contributed by atoms with Gasteiger partial charge in [0, 0.05) is 18.3 Å². The van der Waals surface area contributed by atoms with E-state index in [9.17, 15) is 0 Å². The third-order valence-electron chi connectivity index (χ3n) is 2.61. The Bertz CT molecular complexity index is 508. The molecule has 0 radical (unpaired) electrons. The fraction of sp³-hybridized carbons (Fsp3) is 0.143. The van der Waals surface area contributed by atoms with Crippen molar-refractivity contribution in [2.24, 2.45) is 5.73 Å². The van der Waals surface area contributed by atoms with E-state index in [-0.39, 0.29) is 0 Å². The number of anilines is 1. The van der Waals surface area contributed by atoms with Gasteiger partial charge in [-0.05, 0) is 24.1 Å². The van der Waals surface area contributed by atoms with E-state index in [1.165, 1.54) is 5.56 Å². The van der Waals surface area contributed by atoms with Gasteiger partial charge in [0.1, 0.15) is 10.8 Å². The molecule has 0 aliphatic carbocycles. The summed E-state index contributed by atoms with van der Waals surface area (Å²) in [5, 5.41) is 3.26. The highest BCUT2D eigenvalue weighted by atomic mass is 32.1. The SMILES string of the molecule is NC(=S)c1ccc(NCCc2ccccc2)nc1. The third kappa shape index (κ3) is 3.53. The quantitative estimate of drug-likeness (QED) is 0.807. The highest BCUT2D eigenvalue weighted by molar-refractivity contribution is 7.80. The number of rotatable bonds is 5. The molecule has 0 fully saturated rings. The van der Waals surface area contributed by atoms with Crippen LogP contribution in [-0.4, -0.2) is 16.5 Å². The molecule has 3 nitrogen and oxygen atoms in total. The van der Waals surface area contributed by atoms with E-state index in [0.717, 1.165) is 24.3 Å². The first kappa shape index (κ1) is 12.5. The van der Waals surface area contributed by atoms with Crippen LogP contribution in [0.15, 0.2) is 48.7 Å². The molecule has 0 aliphatic heterocycles. The van der Waals surface area contributed by atoms with Crippen molar-refractivity contribution in [2.45, 2.75) is 6.42 Å². The second-order valence-electron chi connectivity index (χ2n) is 3.96. The summed E-state index contributed by atoms with van der Waals surface area (Å²) in [6.45, 7) is 0.851. The Labute approximate surface area is 112 Å². The Kier molecular flexibility index (Phi) is 4.25. The normalized spacial score (nSPS) is 10.0. The molecule has 2 rings (SSSR count). The van der Waals surface area contributed by atoms with Crippen molar-refractivity contribution < 1.29 is 0 Å². The Morgan fingerprint density at radius 3 is 2.56 bits per heavy atom. The highest BCUT2D eigenvalue weighted by Crippen LogP contribution is 2.06. The molecular weight excluding hydrogens is 242 g/mol. The summed E-state index contributed by atoms with van der Waals surface area (Å²) in [6.07, 6.45) is 2.66. The standard InChI is InChI=1S/C14H15N3S/c15-14(18)12-6-7-13(17-10-12)16-9-8-11-4-2-1-3-5-11/h1-7,10H,8-9H2,(H2,15,18)(H,16,17). The molecular formula is C14H15N3S. The maximum absolute atomic E-state index is 5.51. The van der Waals surface area contributed by atoms with Crippen molar-refractivity contribution >= 4 is 23.0 Å². The molecule has 0 saturated carbocycles. The molecule has 1 aromatic heterocycles. The molecule has 0 spiro atoms. The molecule has 0 atom stereocenters. The van der Waals surface area contributed by atoms with Crippen molar-refractivity contribution in [1.82, 2.24) is 4.98 Å². The summed E-state index contributed by atoms with van der Waals surface area (Å²) < 4.78 is 0. The van der Waals surface area contributed by atoms with Gasteiger partial charge in [-0.25, -0.2) is 4.98 Å². The van der Waals surface area contributed by atoms with E-state index in [0.29, 0.717) is 4.99 Å². The van der Waals surface area contributed by atoms with Crippen LogP contribution in [0.5, 0.6) is 0 Å². The van der Waals surface area contributed by atoms with E-state index in [4.69, 9.17) is 18.0 Å². The summed E-state index contributed by atoms with van der Waals surface area (Å²) in [6, 6.07) is 14.1. The second-order valence-corrected chi connectivity index (χ2v) is 4.40. The molecule has 18 heavy (non-hydrogen) atoms. The van der Waals surface area contributed by atoms with Crippen LogP contribution in [0.1, 0.15) is 11.1 Å². The summed E-state index contributed by atoms with van der Waals surface area (Å²) >= 11 is 4.87. The van der Waals surface area contributed by atoms with Gasteiger partial charge in [0.05, 0.1) is 0 Å². The maximum Gasteiger partial charge on any atom is 0.125 e. The van der Waals surface area contributed by atoms with Crippen molar-refractivity contribution in [3.05, 3.63) is 59.8 Å². The van der Waals surface area contributed by atoms with Crippen molar-refractivity contribution in [1.29, 1.82) is 0 Å². The molecule has 3 N–H and O–H groups in total. The molecule has 4 heteroatoms. The van der Waals surface area contributed by atoms with Gasteiger partial charge in [0.2, 0.25) is 0 Å². The zero-order valence-electron chi connectivity index (χ0n) is 9.97. The zero-order valence-corrected chi connectivity index (χ0v) is 10.8. The van der Waals surface area contributed by atoms with E-state index in [2.05, 4.69) is 22.4 Å². The van der Waals surface area contributed by atoms with Gasteiger partial charge in [-0.3, -0.25) is 0 Å². The first-order valence-corrected chi connectivity index (χ1v) is 6.20. The molecule has 0 amide bonds. The van der Waals surface area contributed by atoms with Crippen LogP contribution in [-0.2, 0) is 6.42 Å². The Morgan fingerprint density at radius 1 is 1.17 bits per heavy atom. The number of aromatic nitrogens is 1. The average Bonchev–Trinajstić information content (AvgIpc) is 2.40. The number of hydrogen-bond acceptors (Lipinski definition) is 3. The maximum atomic E-state index is 5.51. The monoisotopic (exact) mass is 257 g/mol. The third-order valence-corrected chi connectivity index (χ3v) is 2.85. The minimum atomic E-state index is 0.373. The number of nitrogens with zero attached hydrogens (tertiary/aromatic N) is 1. The lowest BCUT2D eigenvalue weighted by atomic mass is 10.1. The van der Waals surface area contributed by atoms with Crippen LogP contribution in [0, 0.1) is 0 Å². The van der Waals surface area contributed by atoms with Crippen molar-refractivity contribution in [3.63, 3.8) is 0 Å². The van der Waals surface area contributed by atoms with E-state index in [1.807, 2.05) is 30.3 Å².